The first kappa shape index (κ1) is 23.2. The molecule has 2 aliphatic rings. The standard InChI is InChI=1S/C24H24FN5O4S/c1-3-26-23(34)24(2)12-29(15-8-9-15)22(33)18-20(32)19(31)16(11-30(18)24)21-28-27-17(35-21)10-13-4-6-14(25)7-5-13/h4-7,11,15,32H,3,8-10,12H2,1-2H3,(H,26,34)/t24-/m1/s1. The van der Waals surface area contributed by atoms with Gasteiger partial charge >= 0.3 is 0 Å². The van der Waals surface area contributed by atoms with Crippen LogP contribution in [0.4, 0.5) is 4.39 Å². The molecule has 0 bridgehead atoms. The van der Waals surface area contributed by atoms with Crippen molar-refractivity contribution in [3.8, 4) is 16.3 Å². The number of nitrogens with zero attached hydrogens (tertiary/aromatic N) is 4. The molecule has 3 aromatic rings. The summed E-state index contributed by atoms with van der Waals surface area (Å²) < 4.78 is 14.6. The number of aromatic nitrogens is 3. The smallest absolute Gasteiger partial charge is 0.274 e. The zero-order chi connectivity index (χ0) is 24.9. The van der Waals surface area contributed by atoms with Gasteiger partial charge in [-0.05, 0) is 44.4 Å². The lowest BCUT2D eigenvalue weighted by Gasteiger charge is -2.42. The van der Waals surface area contributed by atoms with Crippen molar-refractivity contribution in [3.63, 3.8) is 0 Å². The third kappa shape index (κ3) is 3.99. The Labute approximate surface area is 204 Å². The summed E-state index contributed by atoms with van der Waals surface area (Å²) in [6.07, 6.45) is 3.46. The van der Waals surface area contributed by atoms with Gasteiger partial charge in [-0.15, -0.1) is 10.2 Å². The van der Waals surface area contributed by atoms with Gasteiger partial charge < -0.3 is 19.9 Å². The number of pyridine rings is 1. The van der Waals surface area contributed by atoms with Crippen molar-refractivity contribution in [1.29, 1.82) is 0 Å². The van der Waals surface area contributed by atoms with Gasteiger partial charge in [0.15, 0.2) is 16.5 Å². The van der Waals surface area contributed by atoms with Crippen molar-refractivity contribution < 1.29 is 19.1 Å². The lowest BCUT2D eigenvalue weighted by atomic mass is 9.94. The van der Waals surface area contributed by atoms with Crippen LogP contribution in [-0.4, -0.2) is 55.7 Å². The molecule has 1 aliphatic carbocycles. The minimum atomic E-state index is -1.23. The number of amides is 2. The highest BCUT2D eigenvalue weighted by atomic mass is 32.1. The molecule has 1 fully saturated rings. The van der Waals surface area contributed by atoms with E-state index in [1.54, 1.807) is 30.9 Å². The van der Waals surface area contributed by atoms with E-state index in [1.165, 1.54) is 22.9 Å². The fraction of sp³-hybridized carbons (Fsp3) is 0.375. The Bertz CT molecular complexity index is 1380. The van der Waals surface area contributed by atoms with E-state index in [-0.39, 0.29) is 40.6 Å². The molecule has 1 aromatic carbocycles. The van der Waals surface area contributed by atoms with Crippen molar-refractivity contribution in [2.45, 2.75) is 44.7 Å². The van der Waals surface area contributed by atoms with Crippen LogP contribution in [0.25, 0.3) is 10.6 Å². The number of benzene rings is 1. The average molecular weight is 498 g/mol. The highest BCUT2D eigenvalue weighted by Crippen LogP contribution is 2.38. The molecule has 1 atom stereocenters. The highest BCUT2D eigenvalue weighted by Gasteiger charge is 2.49. The molecule has 2 amide bonds. The topological polar surface area (TPSA) is 117 Å². The van der Waals surface area contributed by atoms with Crippen molar-refractivity contribution in [3.05, 3.63) is 62.8 Å². The highest BCUT2D eigenvalue weighted by molar-refractivity contribution is 7.14. The van der Waals surface area contributed by atoms with Gasteiger partial charge in [-0.3, -0.25) is 14.4 Å². The Hall–Kier alpha value is -3.60. The Morgan fingerprint density at radius 1 is 1.26 bits per heavy atom. The first-order valence-electron chi connectivity index (χ1n) is 11.4. The molecule has 0 spiro atoms. The summed E-state index contributed by atoms with van der Waals surface area (Å²) in [7, 11) is 0. The number of carbonyl (C=O) groups is 2. The predicted octanol–water partition coefficient (Wildman–Crippen LogP) is 2.27. The molecule has 0 radical (unpaired) electrons. The molecule has 0 saturated heterocycles. The van der Waals surface area contributed by atoms with Crippen LogP contribution in [-0.2, 0) is 16.8 Å². The monoisotopic (exact) mass is 497 g/mol. The van der Waals surface area contributed by atoms with Crippen LogP contribution in [0.3, 0.4) is 0 Å². The average Bonchev–Trinajstić information content (AvgIpc) is 3.58. The van der Waals surface area contributed by atoms with Gasteiger partial charge in [0, 0.05) is 25.2 Å². The van der Waals surface area contributed by atoms with Crippen LogP contribution in [0.15, 0.2) is 35.3 Å². The number of halogens is 1. The van der Waals surface area contributed by atoms with Crippen molar-refractivity contribution in [2.75, 3.05) is 13.1 Å². The zero-order valence-corrected chi connectivity index (χ0v) is 20.1. The molecule has 1 saturated carbocycles. The molecule has 2 N–H and O–H groups in total. The zero-order valence-electron chi connectivity index (χ0n) is 19.2. The minimum Gasteiger partial charge on any atom is -0.503 e. The van der Waals surface area contributed by atoms with E-state index in [2.05, 4.69) is 15.5 Å². The van der Waals surface area contributed by atoms with Gasteiger partial charge in [0.1, 0.15) is 16.4 Å². The SMILES string of the molecule is CCNC(=O)[C@@]1(C)CN(C2CC2)C(=O)c2c(O)c(=O)c(-c3nnc(Cc4ccc(F)cc4)s3)cn21. The second-order valence-electron chi connectivity index (χ2n) is 9.04. The fourth-order valence-electron chi connectivity index (χ4n) is 4.39. The Balaban J connectivity index is 1.59. The quantitative estimate of drug-likeness (QED) is 0.540. The van der Waals surface area contributed by atoms with Gasteiger partial charge in [0.25, 0.3) is 5.91 Å². The van der Waals surface area contributed by atoms with E-state index in [0.717, 1.165) is 29.7 Å². The Kier molecular flexibility index (Phi) is 5.66. The summed E-state index contributed by atoms with van der Waals surface area (Å²) in [6, 6.07) is 6.00. The maximum atomic E-state index is 13.2. The van der Waals surface area contributed by atoms with E-state index in [9.17, 15) is 23.9 Å². The van der Waals surface area contributed by atoms with Crippen LogP contribution < -0.4 is 10.7 Å². The number of carbonyl (C=O) groups excluding carboxylic acids is 2. The largest absolute Gasteiger partial charge is 0.503 e. The first-order chi connectivity index (χ1) is 16.7. The lowest BCUT2D eigenvalue weighted by molar-refractivity contribution is -0.130. The van der Waals surface area contributed by atoms with Crippen molar-refractivity contribution >= 4 is 23.2 Å². The molecule has 2 aromatic heterocycles. The second kappa shape index (κ2) is 8.56. The van der Waals surface area contributed by atoms with E-state index < -0.39 is 22.6 Å². The summed E-state index contributed by atoms with van der Waals surface area (Å²) in [5, 5.41) is 22.8. The number of nitrogens with one attached hydrogen (secondary N) is 1. The van der Waals surface area contributed by atoms with E-state index in [4.69, 9.17) is 0 Å². The van der Waals surface area contributed by atoms with Crippen molar-refractivity contribution in [1.82, 2.24) is 25.0 Å². The number of likely N-dealkylation sites (N-methyl/N-ethyl adjacent to an activating group) is 1. The molecule has 3 heterocycles. The normalized spacial score (nSPS) is 19.5. The number of hydrogen-bond acceptors (Lipinski definition) is 7. The van der Waals surface area contributed by atoms with E-state index in [1.807, 2.05) is 0 Å². The van der Waals surface area contributed by atoms with Gasteiger partial charge in [0.2, 0.25) is 11.3 Å². The maximum Gasteiger partial charge on any atom is 0.274 e. The lowest BCUT2D eigenvalue weighted by Crippen LogP contribution is -2.60. The van der Waals surface area contributed by atoms with Gasteiger partial charge in [-0.25, -0.2) is 4.39 Å². The number of rotatable bonds is 6. The molecule has 1 aliphatic heterocycles. The number of aromatic hydroxyl groups is 1. The second-order valence-corrected chi connectivity index (χ2v) is 10.1. The summed E-state index contributed by atoms with van der Waals surface area (Å²) in [5.41, 5.74) is -1.29. The molecule has 0 unspecified atom stereocenters. The van der Waals surface area contributed by atoms with E-state index in [0.29, 0.717) is 18.0 Å². The van der Waals surface area contributed by atoms with Gasteiger partial charge in [-0.1, -0.05) is 23.5 Å². The van der Waals surface area contributed by atoms with Crippen LogP contribution in [0.1, 0.15) is 47.7 Å². The van der Waals surface area contributed by atoms with Crippen LogP contribution >= 0.6 is 11.3 Å². The third-order valence-electron chi connectivity index (χ3n) is 6.44. The van der Waals surface area contributed by atoms with Crippen LogP contribution in [0, 0.1) is 5.82 Å². The third-order valence-corrected chi connectivity index (χ3v) is 7.39. The minimum absolute atomic E-state index is 0.00337. The van der Waals surface area contributed by atoms with Gasteiger partial charge in [0.05, 0.1) is 12.1 Å². The molecular weight excluding hydrogens is 473 g/mol. The summed E-state index contributed by atoms with van der Waals surface area (Å²) in [5.74, 6) is -1.83. The van der Waals surface area contributed by atoms with Crippen molar-refractivity contribution in [2.24, 2.45) is 0 Å². The number of hydrogen-bond donors (Lipinski definition) is 2. The van der Waals surface area contributed by atoms with E-state index >= 15 is 0 Å². The van der Waals surface area contributed by atoms with Crippen LogP contribution in [0.5, 0.6) is 5.75 Å². The molecule has 35 heavy (non-hydrogen) atoms. The Morgan fingerprint density at radius 3 is 2.63 bits per heavy atom. The summed E-state index contributed by atoms with van der Waals surface area (Å²) >= 11 is 1.16. The Morgan fingerprint density at radius 2 is 1.97 bits per heavy atom. The van der Waals surface area contributed by atoms with Crippen LogP contribution in [0.2, 0.25) is 0 Å². The summed E-state index contributed by atoms with van der Waals surface area (Å²) in [4.78, 5) is 41.1. The van der Waals surface area contributed by atoms with Gasteiger partial charge in [-0.2, -0.15) is 0 Å². The first-order valence-corrected chi connectivity index (χ1v) is 12.2. The maximum absolute atomic E-state index is 13.2. The number of fused-ring (bicyclic) bond motifs is 1. The molecule has 11 heteroatoms. The molecular formula is C24H24FN5O4S. The predicted molar refractivity (Wildman–Crippen MR) is 127 cm³/mol. The fourth-order valence-corrected chi connectivity index (χ4v) is 5.27. The molecule has 182 valence electrons. The summed E-state index contributed by atoms with van der Waals surface area (Å²) in [6.45, 7) is 4.01. The molecule has 9 nitrogen and oxygen atoms in total. The molecule has 5 rings (SSSR count).